The molecule has 1 heterocycles. The Balaban J connectivity index is 1.80. The lowest BCUT2D eigenvalue weighted by atomic mass is 10.0. The van der Waals surface area contributed by atoms with Crippen LogP contribution in [0.1, 0.15) is 29.4 Å². The van der Waals surface area contributed by atoms with E-state index in [1.807, 2.05) is 12.1 Å². The smallest absolute Gasteiger partial charge is 0.269 e. The highest BCUT2D eigenvalue weighted by Crippen LogP contribution is 2.05. The zero-order valence-corrected chi connectivity index (χ0v) is 13.0. The molecule has 4 nitrogen and oxygen atoms in total. The van der Waals surface area contributed by atoms with Crippen LogP contribution in [0.25, 0.3) is 0 Å². The molecule has 22 heavy (non-hydrogen) atoms. The second-order valence-electron chi connectivity index (χ2n) is 5.20. The van der Waals surface area contributed by atoms with Crippen LogP contribution in [-0.2, 0) is 6.42 Å². The Morgan fingerprint density at radius 2 is 1.91 bits per heavy atom. The van der Waals surface area contributed by atoms with Crippen LogP contribution >= 0.6 is 0 Å². The lowest BCUT2D eigenvalue weighted by Gasteiger charge is -2.18. The number of rotatable bonds is 8. The number of nitrogens with zero attached hydrogens (tertiary/aromatic N) is 1. The Bertz CT molecular complexity index is 557. The molecule has 0 spiro atoms. The SMILES string of the molecule is CCN[C@H](CCNC(=O)c1ccccn1)Cc1ccccc1. The average molecular weight is 297 g/mol. The standard InChI is InChI=1S/C18H23N3O/c1-2-19-16(14-15-8-4-3-5-9-15)11-13-21-18(22)17-10-6-7-12-20-17/h3-10,12,16,19H,2,11,13-14H2,1H3,(H,21,22)/t16-/m1/s1. The van der Waals surface area contributed by atoms with Crippen molar-refractivity contribution in [3.8, 4) is 0 Å². The van der Waals surface area contributed by atoms with Crippen molar-refractivity contribution in [2.75, 3.05) is 13.1 Å². The van der Waals surface area contributed by atoms with Gasteiger partial charge in [-0.15, -0.1) is 0 Å². The fourth-order valence-electron chi connectivity index (χ4n) is 2.41. The maximum absolute atomic E-state index is 11.9. The van der Waals surface area contributed by atoms with Crippen LogP contribution in [0.15, 0.2) is 54.7 Å². The number of pyridine rings is 1. The molecule has 0 saturated heterocycles. The van der Waals surface area contributed by atoms with Gasteiger partial charge in [-0.3, -0.25) is 9.78 Å². The van der Waals surface area contributed by atoms with Gasteiger partial charge in [0.15, 0.2) is 0 Å². The highest BCUT2D eigenvalue weighted by molar-refractivity contribution is 5.92. The van der Waals surface area contributed by atoms with Gasteiger partial charge in [0.2, 0.25) is 0 Å². The molecule has 0 unspecified atom stereocenters. The summed E-state index contributed by atoms with van der Waals surface area (Å²) in [4.78, 5) is 16.0. The number of likely N-dealkylation sites (N-methyl/N-ethyl adjacent to an activating group) is 1. The molecule has 0 aliphatic rings. The van der Waals surface area contributed by atoms with Gasteiger partial charge in [0.25, 0.3) is 5.91 Å². The molecule has 0 aliphatic carbocycles. The van der Waals surface area contributed by atoms with Crippen molar-refractivity contribution < 1.29 is 4.79 Å². The Labute approximate surface area is 132 Å². The van der Waals surface area contributed by atoms with E-state index in [9.17, 15) is 4.79 Å². The van der Waals surface area contributed by atoms with E-state index in [-0.39, 0.29) is 5.91 Å². The first kappa shape index (κ1) is 16.2. The lowest BCUT2D eigenvalue weighted by molar-refractivity contribution is 0.0947. The van der Waals surface area contributed by atoms with E-state index in [1.165, 1.54) is 5.56 Å². The molecule has 1 atom stereocenters. The molecule has 1 aromatic heterocycles. The van der Waals surface area contributed by atoms with Gasteiger partial charge in [-0.2, -0.15) is 0 Å². The molecule has 2 rings (SSSR count). The van der Waals surface area contributed by atoms with Crippen molar-refractivity contribution >= 4 is 5.91 Å². The van der Waals surface area contributed by atoms with Crippen molar-refractivity contribution in [3.05, 3.63) is 66.0 Å². The molecule has 0 radical (unpaired) electrons. The molecule has 4 heteroatoms. The molecule has 0 fully saturated rings. The fourth-order valence-corrected chi connectivity index (χ4v) is 2.41. The molecular weight excluding hydrogens is 274 g/mol. The van der Waals surface area contributed by atoms with Gasteiger partial charge in [-0.1, -0.05) is 43.3 Å². The molecule has 0 aliphatic heterocycles. The summed E-state index contributed by atoms with van der Waals surface area (Å²) in [5.41, 5.74) is 1.77. The van der Waals surface area contributed by atoms with Gasteiger partial charge in [0.05, 0.1) is 0 Å². The Hall–Kier alpha value is -2.20. The molecule has 2 aromatic rings. The normalized spacial score (nSPS) is 11.9. The number of aromatic nitrogens is 1. The van der Waals surface area contributed by atoms with E-state index >= 15 is 0 Å². The van der Waals surface area contributed by atoms with Gasteiger partial charge < -0.3 is 10.6 Å². The van der Waals surface area contributed by atoms with Gasteiger partial charge in [-0.25, -0.2) is 0 Å². The minimum absolute atomic E-state index is 0.115. The van der Waals surface area contributed by atoms with E-state index in [4.69, 9.17) is 0 Å². The molecule has 1 amide bonds. The van der Waals surface area contributed by atoms with Crippen molar-refractivity contribution in [1.82, 2.24) is 15.6 Å². The number of carbonyl (C=O) groups is 1. The zero-order valence-electron chi connectivity index (χ0n) is 13.0. The molecule has 0 bridgehead atoms. The third kappa shape index (κ3) is 5.30. The van der Waals surface area contributed by atoms with E-state index in [0.717, 1.165) is 19.4 Å². The number of hydrogen-bond acceptors (Lipinski definition) is 3. The number of amides is 1. The highest BCUT2D eigenvalue weighted by atomic mass is 16.1. The van der Waals surface area contributed by atoms with Crippen LogP contribution in [0, 0.1) is 0 Å². The predicted octanol–water partition coefficient (Wildman–Crippen LogP) is 2.42. The third-order valence-electron chi connectivity index (χ3n) is 3.49. The Morgan fingerprint density at radius 3 is 2.59 bits per heavy atom. The highest BCUT2D eigenvalue weighted by Gasteiger charge is 2.10. The summed E-state index contributed by atoms with van der Waals surface area (Å²) in [6, 6.07) is 16.1. The second kappa shape index (κ2) is 8.95. The topological polar surface area (TPSA) is 54.0 Å². The predicted molar refractivity (Wildman–Crippen MR) is 88.8 cm³/mol. The third-order valence-corrected chi connectivity index (χ3v) is 3.49. The Morgan fingerprint density at radius 1 is 1.14 bits per heavy atom. The first-order valence-electron chi connectivity index (χ1n) is 7.76. The largest absolute Gasteiger partial charge is 0.351 e. The van der Waals surface area contributed by atoms with E-state index in [0.29, 0.717) is 18.3 Å². The summed E-state index contributed by atoms with van der Waals surface area (Å²) >= 11 is 0. The molecular formula is C18H23N3O. The van der Waals surface area contributed by atoms with Crippen molar-refractivity contribution in [1.29, 1.82) is 0 Å². The lowest BCUT2D eigenvalue weighted by Crippen LogP contribution is -2.35. The van der Waals surface area contributed by atoms with Crippen molar-refractivity contribution in [2.24, 2.45) is 0 Å². The first-order chi connectivity index (χ1) is 10.8. The summed E-state index contributed by atoms with van der Waals surface area (Å²) in [6.45, 7) is 3.66. The average Bonchev–Trinajstić information content (AvgIpc) is 2.56. The molecule has 116 valence electrons. The molecule has 1 aromatic carbocycles. The maximum Gasteiger partial charge on any atom is 0.269 e. The summed E-state index contributed by atoms with van der Waals surface area (Å²) in [5.74, 6) is -0.115. The first-order valence-corrected chi connectivity index (χ1v) is 7.76. The summed E-state index contributed by atoms with van der Waals surface area (Å²) in [5, 5.41) is 6.41. The van der Waals surface area contributed by atoms with Gasteiger partial charge >= 0.3 is 0 Å². The minimum Gasteiger partial charge on any atom is -0.351 e. The van der Waals surface area contributed by atoms with Crippen LogP contribution in [0.2, 0.25) is 0 Å². The van der Waals surface area contributed by atoms with Crippen LogP contribution in [0.5, 0.6) is 0 Å². The van der Waals surface area contributed by atoms with Gasteiger partial charge in [0.1, 0.15) is 5.69 Å². The number of hydrogen-bond donors (Lipinski definition) is 2. The van der Waals surface area contributed by atoms with E-state index in [2.05, 4.69) is 46.8 Å². The maximum atomic E-state index is 11.9. The van der Waals surface area contributed by atoms with E-state index in [1.54, 1.807) is 18.3 Å². The summed E-state index contributed by atoms with van der Waals surface area (Å²) < 4.78 is 0. The van der Waals surface area contributed by atoms with Crippen LogP contribution in [0.4, 0.5) is 0 Å². The minimum atomic E-state index is -0.115. The Kier molecular flexibility index (Phi) is 6.58. The zero-order chi connectivity index (χ0) is 15.6. The summed E-state index contributed by atoms with van der Waals surface area (Å²) in [6.07, 6.45) is 3.49. The van der Waals surface area contributed by atoms with Crippen molar-refractivity contribution in [2.45, 2.75) is 25.8 Å². The van der Waals surface area contributed by atoms with Gasteiger partial charge in [0, 0.05) is 18.8 Å². The molecule has 2 N–H and O–H groups in total. The second-order valence-corrected chi connectivity index (χ2v) is 5.20. The van der Waals surface area contributed by atoms with Crippen LogP contribution in [0.3, 0.4) is 0 Å². The molecule has 0 saturated carbocycles. The van der Waals surface area contributed by atoms with Crippen LogP contribution < -0.4 is 10.6 Å². The number of benzene rings is 1. The monoisotopic (exact) mass is 297 g/mol. The number of carbonyl (C=O) groups excluding carboxylic acids is 1. The van der Waals surface area contributed by atoms with Gasteiger partial charge in [-0.05, 0) is 37.1 Å². The quantitative estimate of drug-likeness (QED) is 0.787. The number of nitrogens with one attached hydrogen (secondary N) is 2. The van der Waals surface area contributed by atoms with Crippen molar-refractivity contribution in [3.63, 3.8) is 0 Å². The van der Waals surface area contributed by atoms with Crippen LogP contribution in [-0.4, -0.2) is 30.0 Å². The fraction of sp³-hybridized carbons (Fsp3) is 0.333. The van der Waals surface area contributed by atoms with E-state index < -0.39 is 0 Å². The summed E-state index contributed by atoms with van der Waals surface area (Å²) in [7, 11) is 0.